The second-order valence-electron chi connectivity index (χ2n) is 5.77. The van der Waals surface area contributed by atoms with Gasteiger partial charge in [-0.1, -0.05) is 31.9 Å². The molecule has 0 saturated carbocycles. The molecule has 1 amide bonds. The lowest BCUT2D eigenvalue weighted by atomic mass is 9.99. The van der Waals surface area contributed by atoms with Crippen molar-refractivity contribution in [2.45, 2.75) is 45.6 Å². The third-order valence-corrected chi connectivity index (χ3v) is 3.86. The van der Waals surface area contributed by atoms with Crippen LogP contribution in [0.25, 0.3) is 0 Å². The number of rotatable bonds is 11. The van der Waals surface area contributed by atoms with E-state index in [1.54, 1.807) is 25.3 Å². The van der Waals surface area contributed by atoms with Crippen molar-refractivity contribution in [3.63, 3.8) is 0 Å². The number of halogens is 1. The van der Waals surface area contributed by atoms with Crippen LogP contribution >= 0.6 is 11.6 Å². The van der Waals surface area contributed by atoms with Crippen molar-refractivity contribution in [3.8, 4) is 5.75 Å². The Morgan fingerprint density at radius 2 is 1.96 bits per heavy atom. The first kappa shape index (κ1) is 20.7. The maximum absolute atomic E-state index is 12.6. The minimum Gasteiger partial charge on any atom is -0.490 e. The van der Waals surface area contributed by atoms with E-state index in [1.807, 2.05) is 20.8 Å². The van der Waals surface area contributed by atoms with Crippen molar-refractivity contribution in [1.82, 2.24) is 0 Å². The fourth-order valence-electron chi connectivity index (χ4n) is 2.25. The quantitative estimate of drug-likeness (QED) is 0.600. The SMILES string of the molecule is CCCO[C@](C)(CCC)C(=O)Nc1ccc(OCCOC)c(Cl)c1. The monoisotopic (exact) mass is 357 g/mol. The summed E-state index contributed by atoms with van der Waals surface area (Å²) in [6.45, 7) is 7.33. The van der Waals surface area contributed by atoms with Crippen molar-refractivity contribution >= 4 is 23.2 Å². The van der Waals surface area contributed by atoms with E-state index in [2.05, 4.69) is 5.32 Å². The molecule has 0 fully saturated rings. The number of ether oxygens (including phenoxy) is 3. The first-order valence-electron chi connectivity index (χ1n) is 8.33. The molecule has 0 aromatic heterocycles. The predicted octanol–water partition coefficient (Wildman–Crippen LogP) is 4.29. The normalized spacial score (nSPS) is 13.4. The maximum Gasteiger partial charge on any atom is 0.256 e. The average Bonchev–Trinajstić information content (AvgIpc) is 2.55. The van der Waals surface area contributed by atoms with Gasteiger partial charge in [0.05, 0.1) is 11.6 Å². The number of methoxy groups -OCH3 is 1. The Kier molecular flexibility index (Phi) is 9.11. The van der Waals surface area contributed by atoms with Crippen LogP contribution in [0.3, 0.4) is 0 Å². The van der Waals surface area contributed by atoms with E-state index in [-0.39, 0.29) is 5.91 Å². The van der Waals surface area contributed by atoms with Gasteiger partial charge in [0.2, 0.25) is 0 Å². The number of hydrogen-bond acceptors (Lipinski definition) is 4. The highest BCUT2D eigenvalue weighted by molar-refractivity contribution is 6.32. The summed E-state index contributed by atoms with van der Waals surface area (Å²) in [6.07, 6.45) is 2.39. The molecular weight excluding hydrogens is 330 g/mol. The summed E-state index contributed by atoms with van der Waals surface area (Å²) in [5.74, 6) is 0.396. The number of nitrogens with one attached hydrogen (secondary N) is 1. The predicted molar refractivity (Wildman–Crippen MR) is 97.0 cm³/mol. The molecule has 0 aliphatic carbocycles. The molecule has 1 aromatic rings. The van der Waals surface area contributed by atoms with E-state index in [0.717, 1.165) is 12.8 Å². The largest absolute Gasteiger partial charge is 0.490 e. The molecule has 0 spiro atoms. The van der Waals surface area contributed by atoms with E-state index in [0.29, 0.717) is 42.7 Å². The summed E-state index contributed by atoms with van der Waals surface area (Å²) < 4.78 is 16.2. The van der Waals surface area contributed by atoms with Crippen LogP contribution in [0.4, 0.5) is 5.69 Å². The van der Waals surface area contributed by atoms with Crippen LogP contribution in [0.1, 0.15) is 40.0 Å². The molecule has 1 rings (SSSR count). The highest BCUT2D eigenvalue weighted by atomic mass is 35.5. The van der Waals surface area contributed by atoms with Gasteiger partial charge in [0.1, 0.15) is 18.0 Å². The number of amides is 1. The highest BCUT2D eigenvalue weighted by Gasteiger charge is 2.33. The Morgan fingerprint density at radius 1 is 1.21 bits per heavy atom. The highest BCUT2D eigenvalue weighted by Crippen LogP contribution is 2.29. The molecule has 6 heteroatoms. The van der Waals surface area contributed by atoms with Gasteiger partial charge in [0, 0.05) is 19.4 Å². The summed E-state index contributed by atoms with van der Waals surface area (Å²) in [5.41, 5.74) is -0.225. The minimum absolute atomic E-state index is 0.165. The van der Waals surface area contributed by atoms with E-state index in [1.165, 1.54) is 0 Å². The Bertz CT molecular complexity index is 524. The van der Waals surface area contributed by atoms with Gasteiger partial charge in [-0.15, -0.1) is 0 Å². The fraction of sp³-hybridized carbons (Fsp3) is 0.611. The molecule has 0 aliphatic rings. The molecule has 0 aliphatic heterocycles. The zero-order valence-corrected chi connectivity index (χ0v) is 15.7. The summed E-state index contributed by atoms with van der Waals surface area (Å²) in [7, 11) is 1.61. The second-order valence-corrected chi connectivity index (χ2v) is 6.18. The van der Waals surface area contributed by atoms with Crippen LogP contribution in [0, 0.1) is 0 Å². The van der Waals surface area contributed by atoms with Crippen molar-refractivity contribution in [2.75, 3.05) is 32.2 Å². The van der Waals surface area contributed by atoms with Crippen LogP contribution in [0.15, 0.2) is 18.2 Å². The van der Waals surface area contributed by atoms with Crippen molar-refractivity contribution in [2.24, 2.45) is 0 Å². The zero-order valence-electron chi connectivity index (χ0n) is 15.0. The van der Waals surface area contributed by atoms with Crippen LogP contribution in [-0.2, 0) is 14.3 Å². The number of carbonyl (C=O) groups is 1. The maximum atomic E-state index is 12.6. The summed E-state index contributed by atoms with van der Waals surface area (Å²) >= 11 is 6.20. The lowest BCUT2D eigenvalue weighted by molar-refractivity contribution is -0.140. The van der Waals surface area contributed by atoms with Crippen LogP contribution in [0.5, 0.6) is 5.75 Å². The van der Waals surface area contributed by atoms with Gasteiger partial charge in [-0.3, -0.25) is 4.79 Å². The van der Waals surface area contributed by atoms with Gasteiger partial charge in [-0.05, 0) is 38.0 Å². The van der Waals surface area contributed by atoms with Gasteiger partial charge in [-0.2, -0.15) is 0 Å². The molecular formula is C18H28ClNO4. The van der Waals surface area contributed by atoms with Crippen LogP contribution in [0.2, 0.25) is 5.02 Å². The molecule has 0 radical (unpaired) electrons. The Morgan fingerprint density at radius 3 is 2.54 bits per heavy atom. The Labute approximate surface area is 149 Å². The molecule has 0 saturated heterocycles. The first-order valence-corrected chi connectivity index (χ1v) is 8.71. The van der Waals surface area contributed by atoms with E-state index in [9.17, 15) is 4.79 Å². The molecule has 5 nitrogen and oxygen atoms in total. The third kappa shape index (κ3) is 6.30. The number of hydrogen-bond donors (Lipinski definition) is 1. The van der Waals surface area contributed by atoms with Crippen LogP contribution in [-0.4, -0.2) is 38.4 Å². The lowest BCUT2D eigenvalue weighted by Crippen LogP contribution is -2.43. The summed E-state index contributed by atoms with van der Waals surface area (Å²) in [5, 5.41) is 3.32. The molecule has 1 N–H and O–H groups in total. The van der Waals surface area contributed by atoms with Crippen molar-refractivity contribution in [3.05, 3.63) is 23.2 Å². The van der Waals surface area contributed by atoms with Gasteiger partial charge in [0.15, 0.2) is 0 Å². The fourth-order valence-corrected chi connectivity index (χ4v) is 2.48. The number of anilines is 1. The average molecular weight is 358 g/mol. The minimum atomic E-state index is -0.842. The summed E-state index contributed by atoms with van der Waals surface area (Å²) in [4.78, 5) is 12.6. The zero-order chi connectivity index (χ0) is 18.0. The molecule has 24 heavy (non-hydrogen) atoms. The van der Waals surface area contributed by atoms with Gasteiger partial charge >= 0.3 is 0 Å². The molecule has 0 heterocycles. The topological polar surface area (TPSA) is 56.8 Å². The number of benzene rings is 1. The smallest absolute Gasteiger partial charge is 0.256 e. The van der Waals surface area contributed by atoms with Crippen molar-refractivity contribution in [1.29, 1.82) is 0 Å². The number of carbonyl (C=O) groups excluding carboxylic acids is 1. The van der Waals surface area contributed by atoms with Gasteiger partial charge in [0.25, 0.3) is 5.91 Å². The molecule has 1 atom stereocenters. The molecule has 136 valence electrons. The van der Waals surface area contributed by atoms with Gasteiger partial charge in [-0.25, -0.2) is 0 Å². The Hall–Kier alpha value is -1.30. The standard InChI is InChI=1S/C18H28ClNO4/c1-5-9-18(3,24-10-6-2)17(21)20-14-7-8-16(15(19)13-14)23-12-11-22-4/h7-8,13H,5-6,9-12H2,1-4H3,(H,20,21)/t18-/m1/s1. The van der Waals surface area contributed by atoms with E-state index >= 15 is 0 Å². The van der Waals surface area contributed by atoms with Crippen LogP contribution < -0.4 is 10.1 Å². The lowest BCUT2D eigenvalue weighted by Gasteiger charge is -2.28. The second kappa shape index (κ2) is 10.5. The third-order valence-electron chi connectivity index (χ3n) is 3.57. The molecule has 0 unspecified atom stereocenters. The van der Waals surface area contributed by atoms with Gasteiger partial charge < -0.3 is 19.5 Å². The van der Waals surface area contributed by atoms with Crippen molar-refractivity contribution < 1.29 is 19.0 Å². The van der Waals surface area contributed by atoms with E-state index < -0.39 is 5.60 Å². The molecule has 0 bridgehead atoms. The van der Waals surface area contributed by atoms with E-state index in [4.69, 9.17) is 25.8 Å². The summed E-state index contributed by atoms with van der Waals surface area (Å²) in [6, 6.07) is 5.17. The molecule has 1 aromatic carbocycles. The Balaban J connectivity index is 2.76. The first-order chi connectivity index (χ1) is 11.5.